The summed E-state index contributed by atoms with van der Waals surface area (Å²) in [4.78, 5) is 10.8. The number of piperidine rings is 1. The highest BCUT2D eigenvalue weighted by Crippen LogP contribution is 2.37. The number of aliphatic carboxylic acids is 1. The van der Waals surface area contributed by atoms with Crippen molar-refractivity contribution in [1.82, 2.24) is 9.62 Å². The van der Waals surface area contributed by atoms with Gasteiger partial charge in [-0.15, -0.1) is 0 Å². The molecule has 2 N–H and O–H groups in total. The van der Waals surface area contributed by atoms with Gasteiger partial charge >= 0.3 is 5.97 Å². The molecule has 0 aromatic heterocycles. The lowest BCUT2D eigenvalue weighted by atomic mass is 10.00. The number of carboxylic acids is 1. The summed E-state index contributed by atoms with van der Waals surface area (Å²) in [6.07, 6.45) is 1.63. The average molecular weight is 370 g/mol. The smallest absolute Gasteiger partial charge is 0.317 e. The Labute approximate surface area is 146 Å². The van der Waals surface area contributed by atoms with Crippen LogP contribution in [0.5, 0.6) is 11.5 Å². The van der Waals surface area contributed by atoms with Crippen molar-refractivity contribution < 1.29 is 27.8 Å². The van der Waals surface area contributed by atoms with Gasteiger partial charge in [-0.3, -0.25) is 4.79 Å². The van der Waals surface area contributed by atoms with Crippen molar-refractivity contribution in [3.05, 3.63) is 17.7 Å². The van der Waals surface area contributed by atoms with E-state index in [1.54, 1.807) is 13.0 Å². The van der Waals surface area contributed by atoms with Crippen LogP contribution in [0, 0.1) is 12.8 Å². The molecular weight excluding hydrogens is 348 g/mol. The van der Waals surface area contributed by atoms with E-state index in [4.69, 9.17) is 14.6 Å². The molecule has 0 spiro atoms. The summed E-state index contributed by atoms with van der Waals surface area (Å²) >= 11 is 0. The third-order valence-electron chi connectivity index (χ3n) is 4.48. The van der Waals surface area contributed by atoms with E-state index >= 15 is 0 Å². The highest BCUT2D eigenvalue weighted by atomic mass is 32.2. The molecule has 0 saturated carbocycles. The lowest BCUT2D eigenvalue weighted by molar-refractivity contribution is -0.136. The van der Waals surface area contributed by atoms with Gasteiger partial charge in [0, 0.05) is 19.2 Å². The minimum absolute atomic E-state index is 0.0946. The zero-order valence-corrected chi connectivity index (χ0v) is 14.8. The number of carboxylic acid groups (broad SMARTS) is 1. The number of fused-ring (bicyclic) bond motifs is 1. The van der Waals surface area contributed by atoms with E-state index in [1.165, 1.54) is 10.4 Å². The number of hydrogen-bond acceptors (Lipinski definition) is 6. The molecule has 0 radical (unpaired) electrons. The molecule has 1 fully saturated rings. The van der Waals surface area contributed by atoms with Gasteiger partial charge in [0.15, 0.2) is 11.5 Å². The maximum absolute atomic E-state index is 13.1. The van der Waals surface area contributed by atoms with Gasteiger partial charge in [-0.1, -0.05) is 0 Å². The summed E-state index contributed by atoms with van der Waals surface area (Å²) < 4.78 is 38.2. The molecule has 2 heterocycles. The van der Waals surface area contributed by atoms with Gasteiger partial charge in [0.2, 0.25) is 16.8 Å². The Morgan fingerprint density at radius 3 is 2.80 bits per heavy atom. The van der Waals surface area contributed by atoms with E-state index in [9.17, 15) is 13.2 Å². The van der Waals surface area contributed by atoms with Crippen LogP contribution in [0.3, 0.4) is 0 Å². The summed E-state index contributed by atoms with van der Waals surface area (Å²) in [6, 6.07) is 3.21. The summed E-state index contributed by atoms with van der Waals surface area (Å²) in [6.45, 7) is 3.04. The van der Waals surface area contributed by atoms with Crippen molar-refractivity contribution in [2.75, 3.05) is 33.0 Å². The number of nitrogens with zero attached hydrogens (tertiary/aromatic N) is 1. The van der Waals surface area contributed by atoms with Crippen LogP contribution >= 0.6 is 0 Å². The molecule has 1 saturated heterocycles. The van der Waals surface area contributed by atoms with E-state index in [1.807, 2.05) is 0 Å². The lowest BCUT2D eigenvalue weighted by Gasteiger charge is -2.32. The summed E-state index contributed by atoms with van der Waals surface area (Å²) in [5, 5.41) is 11.5. The minimum Gasteiger partial charge on any atom is -0.480 e. The van der Waals surface area contributed by atoms with Crippen LogP contribution in [0.15, 0.2) is 17.0 Å². The van der Waals surface area contributed by atoms with E-state index in [-0.39, 0.29) is 24.2 Å². The number of benzene rings is 1. The van der Waals surface area contributed by atoms with Crippen LogP contribution < -0.4 is 14.8 Å². The monoisotopic (exact) mass is 370 g/mol. The van der Waals surface area contributed by atoms with E-state index in [0.717, 1.165) is 12.8 Å². The van der Waals surface area contributed by atoms with E-state index < -0.39 is 16.0 Å². The molecule has 1 aromatic carbocycles. The fourth-order valence-electron chi connectivity index (χ4n) is 3.24. The fraction of sp³-hybridized carbons (Fsp3) is 0.562. The van der Waals surface area contributed by atoms with Gasteiger partial charge in [0.05, 0.1) is 11.4 Å². The standard InChI is InChI=1S/C16H22N2O6S/c1-11-5-13-14(24-10-23-13)6-15(11)25(21,22)18-4-2-3-12(9-18)7-17-8-16(19)20/h5-6,12,17H,2-4,7-10H2,1H3,(H,19,20). The van der Waals surface area contributed by atoms with Crippen molar-refractivity contribution in [3.63, 3.8) is 0 Å². The van der Waals surface area contributed by atoms with Gasteiger partial charge in [-0.2, -0.15) is 4.31 Å². The first-order valence-corrected chi connectivity index (χ1v) is 9.65. The molecule has 1 unspecified atom stereocenters. The zero-order valence-electron chi connectivity index (χ0n) is 14.0. The summed E-state index contributed by atoms with van der Waals surface area (Å²) in [5.74, 6) is 0.181. The third-order valence-corrected chi connectivity index (χ3v) is 6.49. The molecule has 9 heteroatoms. The number of hydrogen-bond donors (Lipinski definition) is 2. The Balaban J connectivity index is 1.74. The molecule has 8 nitrogen and oxygen atoms in total. The van der Waals surface area contributed by atoms with Crippen LogP contribution in [-0.2, 0) is 14.8 Å². The maximum atomic E-state index is 13.1. The molecule has 0 bridgehead atoms. The minimum atomic E-state index is -3.63. The predicted octanol–water partition coefficient (Wildman–Crippen LogP) is 0.799. The Kier molecular flexibility index (Phi) is 5.16. The first-order chi connectivity index (χ1) is 11.9. The second-order valence-electron chi connectivity index (χ2n) is 6.37. The second kappa shape index (κ2) is 7.19. The predicted molar refractivity (Wildman–Crippen MR) is 89.3 cm³/mol. The van der Waals surface area contributed by atoms with Crippen molar-refractivity contribution >= 4 is 16.0 Å². The molecule has 138 valence electrons. The first-order valence-electron chi connectivity index (χ1n) is 8.21. The zero-order chi connectivity index (χ0) is 18.0. The Bertz CT molecular complexity index is 764. The van der Waals surface area contributed by atoms with E-state index in [2.05, 4.69) is 5.32 Å². The number of sulfonamides is 1. The van der Waals surface area contributed by atoms with Crippen molar-refractivity contribution in [2.45, 2.75) is 24.7 Å². The van der Waals surface area contributed by atoms with Crippen LogP contribution in [0.4, 0.5) is 0 Å². The number of nitrogens with one attached hydrogen (secondary N) is 1. The number of aryl methyl sites for hydroxylation is 1. The van der Waals surface area contributed by atoms with Crippen molar-refractivity contribution in [2.24, 2.45) is 5.92 Å². The maximum Gasteiger partial charge on any atom is 0.317 e. The molecule has 0 aliphatic carbocycles. The Hall–Kier alpha value is -1.84. The van der Waals surface area contributed by atoms with Crippen molar-refractivity contribution in [1.29, 1.82) is 0 Å². The molecule has 2 aliphatic rings. The van der Waals surface area contributed by atoms with Crippen LogP contribution in [0.2, 0.25) is 0 Å². The number of ether oxygens (including phenoxy) is 2. The van der Waals surface area contributed by atoms with Crippen molar-refractivity contribution in [3.8, 4) is 11.5 Å². The van der Waals surface area contributed by atoms with Gasteiger partial charge in [-0.05, 0) is 43.9 Å². The normalized spacial score (nSPS) is 20.6. The SMILES string of the molecule is Cc1cc2c(cc1S(=O)(=O)N1CCCC(CNCC(=O)O)C1)OCO2. The van der Waals surface area contributed by atoms with Crippen LogP contribution in [-0.4, -0.2) is 56.8 Å². The van der Waals surface area contributed by atoms with Crippen LogP contribution in [0.1, 0.15) is 18.4 Å². The molecule has 2 aliphatic heterocycles. The second-order valence-corrected chi connectivity index (χ2v) is 8.27. The highest BCUT2D eigenvalue weighted by molar-refractivity contribution is 7.89. The van der Waals surface area contributed by atoms with E-state index in [0.29, 0.717) is 36.7 Å². The number of carbonyl (C=O) groups is 1. The summed E-state index contributed by atoms with van der Waals surface area (Å²) in [7, 11) is -3.63. The first kappa shape index (κ1) is 18.0. The molecular formula is C16H22N2O6S. The average Bonchev–Trinajstić information content (AvgIpc) is 3.01. The van der Waals surface area contributed by atoms with Crippen LogP contribution in [0.25, 0.3) is 0 Å². The van der Waals surface area contributed by atoms with Gasteiger partial charge in [-0.25, -0.2) is 8.42 Å². The van der Waals surface area contributed by atoms with Gasteiger partial charge in [0.25, 0.3) is 0 Å². The fourth-order valence-corrected chi connectivity index (χ4v) is 5.01. The quantitative estimate of drug-likeness (QED) is 0.763. The third kappa shape index (κ3) is 3.88. The number of rotatable bonds is 6. The Morgan fingerprint density at radius 1 is 1.36 bits per heavy atom. The topological polar surface area (TPSA) is 105 Å². The molecule has 1 atom stereocenters. The Morgan fingerprint density at radius 2 is 2.08 bits per heavy atom. The molecule has 0 amide bonds. The highest BCUT2D eigenvalue weighted by Gasteiger charge is 2.32. The summed E-state index contributed by atoms with van der Waals surface area (Å²) in [5.41, 5.74) is 0.621. The van der Waals surface area contributed by atoms with Gasteiger partial charge < -0.3 is 19.9 Å². The molecule has 25 heavy (non-hydrogen) atoms. The largest absolute Gasteiger partial charge is 0.480 e. The molecule has 1 aromatic rings. The lowest BCUT2D eigenvalue weighted by Crippen LogP contribution is -2.43. The molecule has 3 rings (SSSR count). The van der Waals surface area contributed by atoms with Gasteiger partial charge in [0.1, 0.15) is 0 Å².